The molecule has 2 aromatic heterocycles. The average Bonchev–Trinajstić information content (AvgIpc) is 2.99. The van der Waals surface area contributed by atoms with Gasteiger partial charge in [-0.25, -0.2) is 0 Å². The molecule has 4 aromatic rings. The van der Waals surface area contributed by atoms with Crippen LogP contribution < -0.4 is 4.74 Å². The summed E-state index contributed by atoms with van der Waals surface area (Å²) in [6.07, 6.45) is 1.85. The molecule has 0 spiro atoms. The zero-order valence-corrected chi connectivity index (χ0v) is 17.6. The number of benzene rings is 2. The molecule has 3 heteroatoms. The van der Waals surface area contributed by atoms with E-state index in [1.165, 1.54) is 27.9 Å². The van der Waals surface area contributed by atoms with Crippen molar-refractivity contribution in [1.29, 1.82) is 0 Å². The second kappa shape index (κ2) is 8.12. The molecule has 0 aliphatic heterocycles. The molecule has 0 fully saturated rings. The molecule has 0 amide bonds. The summed E-state index contributed by atoms with van der Waals surface area (Å²) in [5.74, 6) is 1.42. The van der Waals surface area contributed by atoms with Gasteiger partial charge in [-0.15, -0.1) is 0 Å². The highest BCUT2D eigenvalue weighted by atomic mass is 16.5. The van der Waals surface area contributed by atoms with E-state index in [-0.39, 0.29) is 0 Å². The van der Waals surface area contributed by atoms with Crippen molar-refractivity contribution in [3.05, 3.63) is 94.8 Å². The molecule has 0 aliphatic carbocycles. The van der Waals surface area contributed by atoms with Gasteiger partial charge in [0.2, 0.25) is 0 Å². The standard InChI is InChI=1S/C26H28N2O/c1-18(2)23-12-10-22(11-13-23)17-29-24-14-15-27-25-19(3)20(4)28(26(24)25)16-21-8-6-5-7-9-21/h5-15,18H,16-17H2,1-4H3. The number of fused-ring (bicyclic) bond motifs is 1. The van der Waals surface area contributed by atoms with Crippen LogP contribution in [0.3, 0.4) is 0 Å². The van der Waals surface area contributed by atoms with Crippen LogP contribution in [-0.2, 0) is 13.2 Å². The van der Waals surface area contributed by atoms with Gasteiger partial charge < -0.3 is 9.30 Å². The minimum atomic E-state index is 0.539. The van der Waals surface area contributed by atoms with Crippen molar-refractivity contribution in [1.82, 2.24) is 9.55 Å². The average molecular weight is 385 g/mol. The van der Waals surface area contributed by atoms with Crippen LogP contribution in [0.1, 0.15) is 47.7 Å². The maximum atomic E-state index is 6.29. The molecule has 2 heterocycles. The molecule has 0 atom stereocenters. The largest absolute Gasteiger partial charge is 0.487 e. The van der Waals surface area contributed by atoms with Crippen molar-refractivity contribution < 1.29 is 4.74 Å². The van der Waals surface area contributed by atoms with Crippen LogP contribution in [0.5, 0.6) is 5.75 Å². The zero-order chi connectivity index (χ0) is 20.4. The number of hydrogen-bond donors (Lipinski definition) is 0. The van der Waals surface area contributed by atoms with E-state index in [1.54, 1.807) is 0 Å². The summed E-state index contributed by atoms with van der Waals surface area (Å²) in [5, 5.41) is 0. The Bertz CT molecular complexity index is 1110. The van der Waals surface area contributed by atoms with Gasteiger partial charge >= 0.3 is 0 Å². The third-order valence-electron chi connectivity index (χ3n) is 5.68. The number of rotatable bonds is 6. The highest BCUT2D eigenvalue weighted by Crippen LogP contribution is 2.32. The first kappa shape index (κ1) is 19.3. The van der Waals surface area contributed by atoms with Crippen LogP contribution in [-0.4, -0.2) is 9.55 Å². The predicted octanol–water partition coefficient (Wildman–Crippen LogP) is 6.40. The van der Waals surface area contributed by atoms with Gasteiger partial charge in [-0.05, 0) is 42.0 Å². The van der Waals surface area contributed by atoms with Gasteiger partial charge in [0.1, 0.15) is 17.9 Å². The summed E-state index contributed by atoms with van der Waals surface area (Å²) in [5.41, 5.74) is 8.33. The summed E-state index contributed by atoms with van der Waals surface area (Å²) in [4.78, 5) is 4.65. The lowest BCUT2D eigenvalue weighted by atomic mass is 10.0. The van der Waals surface area contributed by atoms with Crippen molar-refractivity contribution in [3.8, 4) is 5.75 Å². The van der Waals surface area contributed by atoms with E-state index in [0.29, 0.717) is 12.5 Å². The van der Waals surface area contributed by atoms with Gasteiger partial charge in [0.25, 0.3) is 0 Å². The minimum absolute atomic E-state index is 0.539. The number of ether oxygens (including phenoxy) is 1. The molecule has 148 valence electrons. The highest BCUT2D eigenvalue weighted by molar-refractivity contribution is 5.86. The summed E-state index contributed by atoms with van der Waals surface area (Å²) in [7, 11) is 0. The molecule has 0 aliphatic rings. The van der Waals surface area contributed by atoms with Gasteiger partial charge in [0.15, 0.2) is 0 Å². The van der Waals surface area contributed by atoms with Gasteiger partial charge in [0.05, 0.1) is 5.52 Å². The minimum Gasteiger partial charge on any atom is -0.487 e. The van der Waals surface area contributed by atoms with Gasteiger partial charge in [-0.1, -0.05) is 68.4 Å². The zero-order valence-electron chi connectivity index (χ0n) is 17.6. The van der Waals surface area contributed by atoms with Crippen LogP contribution in [0.4, 0.5) is 0 Å². The maximum Gasteiger partial charge on any atom is 0.147 e. The molecule has 0 saturated heterocycles. The molecule has 0 saturated carbocycles. The Balaban J connectivity index is 1.66. The SMILES string of the molecule is Cc1c(C)n(Cc2ccccc2)c2c(OCc3ccc(C(C)C)cc3)ccnc12. The second-order valence-corrected chi connectivity index (χ2v) is 7.97. The van der Waals surface area contributed by atoms with E-state index in [2.05, 4.69) is 91.8 Å². The lowest BCUT2D eigenvalue weighted by Gasteiger charge is -2.13. The Morgan fingerprint density at radius 1 is 0.897 bits per heavy atom. The first-order valence-corrected chi connectivity index (χ1v) is 10.2. The quantitative estimate of drug-likeness (QED) is 0.384. The number of pyridine rings is 1. The first-order valence-electron chi connectivity index (χ1n) is 10.2. The number of nitrogens with zero attached hydrogens (tertiary/aromatic N) is 2. The molecule has 2 aromatic carbocycles. The van der Waals surface area contributed by atoms with Crippen LogP contribution in [0.2, 0.25) is 0 Å². The highest BCUT2D eigenvalue weighted by Gasteiger charge is 2.16. The molecule has 29 heavy (non-hydrogen) atoms. The second-order valence-electron chi connectivity index (χ2n) is 7.97. The third-order valence-corrected chi connectivity index (χ3v) is 5.68. The molecule has 0 unspecified atom stereocenters. The number of hydrogen-bond acceptors (Lipinski definition) is 2. The Kier molecular flexibility index (Phi) is 5.39. The molecular weight excluding hydrogens is 356 g/mol. The predicted molar refractivity (Wildman–Crippen MR) is 120 cm³/mol. The fourth-order valence-electron chi connectivity index (χ4n) is 3.75. The van der Waals surface area contributed by atoms with Gasteiger partial charge in [0, 0.05) is 24.5 Å². The monoisotopic (exact) mass is 384 g/mol. The normalized spacial score (nSPS) is 11.3. The summed E-state index contributed by atoms with van der Waals surface area (Å²) < 4.78 is 8.62. The van der Waals surface area contributed by atoms with Crippen molar-refractivity contribution in [2.24, 2.45) is 0 Å². The molecule has 0 radical (unpaired) electrons. The first-order chi connectivity index (χ1) is 14.0. The Morgan fingerprint density at radius 2 is 1.62 bits per heavy atom. The van der Waals surface area contributed by atoms with Crippen LogP contribution >= 0.6 is 0 Å². The summed E-state index contributed by atoms with van der Waals surface area (Å²) >= 11 is 0. The molecule has 0 bridgehead atoms. The molecular formula is C26H28N2O. The van der Waals surface area contributed by atoms with Crippen molar-refractivity contribution in [2.45, 2.75) is 46.8 Å². The van der Waals surface area contributed by atoms with E-state index in [1.807, 2.05) is 12.3 Å². The topological polar surface area (TPSA) is 27.1 Å². The number of aromatic nitrogens is 2. The third kappa shape index (κ3) is 3.91. The van der Waals surface area contributed by atoms with E-state index >= 15 is 0 Å². The summed E-state index contributed by atoms with van der Waals surface area (Å²) in [6.45, 7) is 10.1. The van der Waals surface area contributed by atoms with Crippen molar-refractivity contribution in [2.75, 3.05) is 0 Å². The smallest absolute Gasteiger partial charge is 0.147 e. The van der Waals surface area contributed by atoms with E-state index < -0.39 is 0 Å². The molecule has 3 nitrogen and oxygen atoms in total. The van der Waals surface area contributed by atoms with Crippen molar-refractivity contribution in [3.63, 3.8) is 0 Å². The maximum absolute atomic E-state index is 6.29. The lowest BCUT2D eigenvalue weighted by molar-refractivity contribution is 0.308. The van der Waals surface area contributed by atoms with E-state index in [4.69, 9.17) is 4.74 Å². The van der Waals surface area contributed by atoms with Crippen LogP contribution in [0.15, 0.2) is 66.9 Å². The Hall–Kier alpha value is -3.07. The number of aryl methyl sites for hydroxylation is 1. The Morgan fingerprint density at radius 3 is 2.31 bits per heavy atom. The molecule has 4 rings (SSSR count). The van der Waals surface area contributed by atoms with Crippen LogP contribution in [0, 0.1) is 13.8 Å². The van der Waals surface area contributed by atoms with E-state index in [9.17, 15) is 0 Å². The summed E-state index contributed by atoms with van der Waals surface area (Å²) in [6, 6.07) is 21.2. The fourth-order valence-corrected chi connectivity index (χ4v) is 3.75. The van der Waals surface area contributed by atoms with Crippen LogP contribution in [0.25, 0.3) is 11.0 Å². The Labute approximate surface area is 173 Å². The fraction of sp³-hybridized carbons (Fsp3) is 0.269. The lowest BCUT2D eigenvalue weighted by Crippen LogP contribution is -2.04. The van der Waals surface area contributed by atoms with Crippen molar-refractivity contribution >= 4 is 11.0 Å². The van der Waals surface area contributed by atoms with E-state index in [0.717, 1.165) is 23.3 Å². The molecule has 0 N–H and O–H groups in total. The van der Waals surface area contributed by atoms with Gasteiger partial charge in [-0.2, -0.15) is 0 Å². The van der Waals surface area contributed by atoms with Gasteiger partial charge in [-0.3, -0.25) is 4.98 Å².